The molecule has 0 amide bonds. The molecule has 4 heteroatoms. The first-order valence-corrected chi connectivity index (χ1v) is 3.96. The molecule has 0 saturated heterocycles. The zero-order valence-corrected chi connectivity index (χ0v) is 6.35. The summed E-state index contributed by atoms with van der Waals surface area (Å²) in [6.45, 7) is 0.811. The molecule has 1 saturated carbocycles. The molecule has 4 nitrogen and oxygen atoms in total. The summed E-state index contributed by atoms with van der Waals surface area (Å²) in [5.41, 5.74) is 5.50. The third kappa shape index (κ3) is 1.14. The highest BCUT2D eigenvalue weighted by Crippen LogP contribution is 2.35. The molecule has 0 spiro atoms. The van der Waals surface area contributed by atoms with Gasteiger partial charge >= 0.3 is 0 Å². The first-order valence-electron chi connectivity index (χ1n) is 3.96. The van der Waals surface area contributed by atoms with Gasteiger partial charge in [0.2, 0.25) is 0 Å². The maximum atomic E-state index is 5.50. The Morgan fingerprint density at radius 1 is 1.55 bits per heavy atom. The Kier molecular flexibility index (Phi) is 1.62. The van der Waals surface area contributed by atoms with Crippen molar-refractivity contribution >= 4 is 0 Å². The van der Waals surface area contributed by atoms with Crippen LogP contribution >= 0.6 is 0 Å². The fraction of sp³-hybridized carbons (Fsp3) is 0.714. The highest BCUT2D eigenvalue weighted by molar-refractivity contribution is 4.85. The molecule has 0 aliphatic heterocycles. The predicted molar refractivity (Wildman–Crippen MR) is 40.8 cm³/mol. The second-order valence-electron chi connectivity index (χ2n) is 3.11. The molecular formula is C7H12N4. The van der Waals surface area contributed by atoms with E-state index >= 15 is 0 Å². The van der Waals surface area contributed by atoms with E-state index in [4.69, 9.17) is 5.73 Å². The highest BCUT2D eigenvalue weighted by Gasteiger charge is 2.29. The minimum Gasteiger partial charge on any atom is -0.330 e. The van der Waals surface area contributed by atoms with E-state index in [1.165, 1.54) is 12.8 Å². The van der Waals surface area contributed by atoms with E-state index in [0.29, 0.717) is 12.0 Å². The van der Waals surface area contributed by atoms with E-state index in [1.54, 1.807) is 6.20 Å². The lowest BCUT2D eigenvalue weighted by Crippen LogP contribution is -2.32. The summed E-state index contributed by atoms with van der Waals surface area (Å²) in [5.74, 6) is 0.712. The molecule has 1 aliphatic carbocycles. The van der Waals surface area contributed by atoms with Crippen LogP contribution in [0.2, 0.25) is 0 Å². The fourth-order valence-corrected chi connectivity index (χ4v) is 1.52. The van der Waals surface area contributed by atoms with Gasteiger partial charge in [-0.3, -0.25) is 0 Å². The fourth-order valence-electron chi connectivity index (χ4n) is 1.52. The highest BCUT2D eigenvalue weighted by atomic mass is 15.4. The third-order valence-corrected chi connectivity index (χ3v) is 2.36. The monoisotopic (exact) mass is 152 g/mol. The van der Waals surface area contributed by atoms with Gasteiger partial charge in [0.05, 0.1) is 12.2 Å². The Hall–Kier alpha value is -0.900. The molecule has 0 bridgehead atoms. The Balaban J connectivity index is 1.92. The normalized spacial score (nSPS) is 29.9. The summed E-state index contributed by atoms with van der Waals surface area (Å²) < 4.78 is 1.92. The van der Waals surface area contributed by atoms with Crippen molar-refractivity contribution in [1.82, 2.24) is 15.0 Å². The molecule has 11 heavy (non-hydrogen) atoms. The van der Waals surface area contributed by atoms with E-state index in [1.807, 2.05) is 10.9 Å². The van der Waals surface area contributed by atoms with Crippen molar-refractivity contribution in [2.24, 2.45) is 11.7 Å². The van der Waals surface area contributed by atoms with E-state index in [-0.39, 0.29) is 0 Å². The van der Waals surface area contributed by atoms with Crippen LogP contribution in [0.5, 0.6) is 0 Å². The van der Waals surface area contributed by atoms with E-state index < -0.39 is 0 Å². The van der Waals surface area contributed by atoms with Crippen molar-refractivity contribution in [1.29, 1.82) is 0 Å². The molecule has 60 valence electrons. The lowest BCUT2D eigenvalue weighted by molar-refractivity contribution is 0.187. The largest absolute Gasteiger partial charge is 0.330 e. The van der Waals surface area contributed by atoms with Gasteiger partial charge in [0, 0.05) is 6.20 Å². The first kappa shape index (κ1) is 6.79. The molecule has 1 aromatic rings. The second kappa shape index (κ2) is 2.62. The number of nitrogens with two attached hydrogens (primary N) is 1. The molecule has 1 aromatic heterocycles. The van der Waals surface area contributed by atoms with Crippen LogP contribution in [-0.4, -0.2) is 21.5 Å². The van der Waals surface area contributed by atoms with Crippen LogP contribution < -0.4 is 5.73 Å². The van der Waals surface area contributed by atoms with Crippen molar-refractivity contribution in [3.63, 3.8) is 0 Å². The average Bonchev–Trinajstić information content (AvgIpc) is 2.37. The summed E-state index contributed by atoms with van der Waals surface area (Å²) in [6, 6.07) is 0.561. The Labute approximate surface area is 65.4 Å². The van der Waals surface area contributed by atoms with Gasteiger partial charge in [0.1, 0.15) is 0 Å². The number of rotatable bonds is 2. The van der Waals surface area contributed by atoms with Crippen LogP contribution in [0.3, 0.4) is 0 Å². The van der Waals surface area contributed by atoms with Crippen molar-refractivity contribution < 1.29 is 0 Å². The average molecular weight is 152 g/mol. The minimum absolute atomic E-state index is 0.561. The molecule has 0 radical (unpaired) electrons. The van der Waals surface area contributed by atoms with E-state index in [9.17, 15) is 0 Å². The maximum absolute atomic E-state index is 5.50. The van der Waals surface area contributed by atoms with Crippen molar-refractivity contribution in [2.45, 2.75) is 18.9 Å². The number of nitrogens with zero attached hydrogens (tertiary/aromatic N) is 3. The van der Waals surface area contributed by atoms with Crippen molar-refractivity contribution in [3.8, 4) is 0 Å². The summed E-state index contributed by atoms with van der Waals surface area (Å²) in [7, 11) is 0. The Morgan fingerprint density at radius 3 is 2.91 bits per heavy atom. The van der Waals surface area contributed by atoms with Crippen LogP contribution in [0.15, 0.2) is 12.4 Å². The van der Waals surface area contributed by atoms with Crippen LogP contribution in [0.4, 0.5) is 0 Å². The van der Waals surface area contributed by atoms with Gasteiger partial charge in [0.15, 0.2) is 0 Å². The lowest BCUT2D eigenvalue weighted by Gasteiger charge is -2.33. The summed E-state index contributed by atoms with van der Waals surface area (Å²) in [6.07, 6.45) is 5.97. The van der Waals surface area contributed by atoms with Crippen LogP contribution in [-0.2, 0) is 0 Å². The lowest BCUT2D eigenvalue weighted by atomic mass is 9.80. The standard InChI is InChI=1S/C7H12N4/c8-5-6-3-7(4-6)11-2-1-9-10-11/h1-2,6-7H,3-5,8H2. The van der Waals surface area contributed by atoms with Gasteiger partial charge in [-0.25, -0.2) is 4.68 Å². The SMILES string of the molecule is NCC1CC(n2ccnn2)C1. The van der Waals surface area contributed by atoms with Gasteiger partial charge in [0.25, 0.3) is 0 Å². The zero-order valence-electron chi connectivity index (χ0n) is 6.35. The van der Waals surface area contributed by atoms with E-state index in [2.05, 4.69) is 10.3 Å². The molecule has 2 N–H and O–H groups in total. The summed E-state index contributed by atoms with van der Waals surface area (Å²) >= 11 is 0. The summed E-state index contributed by atoms with van der Waals surface area (Å²) in [5, 5.41) is 7.69. The number of hydrogen-bond donors (Lipinski definition) is 1. The van der Waals surface area contributed by atoms with Gasteiger partial charge in [-0.15, -0.1) is 5.10 Å². The van der Waals surface area contributed by atoms with Crippen LogP contribution in [0, 0.1) is 5.92 Å². The molecule has 2 rings (SSSR count). The van der Waals surface area contributed by atoms with Crippen molar-refractivity contribution in [3.05, 3.63) is 12.4 Å². The third-order valence-electron chi connectivity index (χ3n) is 2.36. The van der Waals surface area contributed by atoms with Gasteiger partial charge < -0.3 is 5.73 Å². The molecular weight excluding hydrogens is 140 g/mol. The Morgan fingerprint density at radius 2 is 2.36 bits per heavy atom. The number of hydrogen-bond acceptors (Lipinski definition) is 3. The van der Waals surface area contributed by atoms with Crippen LogP contribution in [0.25, 0.3) is 0 Å². The predicted octanol–water partition coefficient (Wildman–Crippen LogP) is 0.188. The van der Waals surface area contributed by atoms with Crippen molar-refractivity contribution in [2.75, 3.05) is 6.54 Å². The molecule has 1 heterocycles. The Bertz CT molecular complexity index is 212. The molecule has 0 atom stereocenters. The molecule has 0 aromatic carbocycles. The van der Waals surface area contributed by atoms with Gasteiger partial charge in [-0.05, 0) is 25.3 Å². The summed E-state index contributed by atoms with van der Waals surface area (Å²) in [4.78, 5) is 0. The molecule has 1 aliphatic rings. The van der Waals surface area contributed by atoms with Gasteiger partial charge in [-0.2, -0.15) is 0 Å². The molecule has 0 unspecified atom stereocenters. The van der Waals surface area contributed by atoms with E-state index in [0.717, 1.165) is 6.54 Å². The minimum atomic E-state index is 0.561. The maximum Gasteiger partial charge on any atom is 0.0693 e. The zero-order chi connectivity index (χ0) is 7.68. The number of aromatic nitrogens is 3. The van der Waals surface area contributed by atoms with Crippen LogP contribution in [0.1, 0.15) is 18.9 Å². The second-order valence-corrected chi connectivity index (χ2v) is 3.11. The topological polar surface area (TPSA) is 56.7 Å². The smallest absolute Gasteiger partial charge is 0.0693 e. The quantitative estimate of drug-likeness (QED) is 0.658. The molecule has 1 fully saturated rings. The van der Waals surface area contributed by atoms with Gasteiger partial charge in [-0.1, -0.05) is 5.21 Å². The first-order chi connectivity index (χ1) is 5.40.